The van der Waals surface area contributed by atoms with Gasteiger partial charge in [0.25, 0.3) is 0 Å². The summed E-state index contributed by atoms with van der Waals surface area (Å²) in [5.74, 6) is 0.690. The average molecular weight is 140 g/mol. The third-order valence-corrected chi connectivity index (χ3v) is 3.07. The van der Waals surface area contributed by atoms with Gasteiger partial charge in [-0.15, -0.1) is 0 Å². The van der Waals surface area contributed by atoms with Gasteiger partial charge in [-0.2, -0.15) is 0 Å². The molecule has 1 aliphatic rings. The molecule has 1 nitrogen and oxygen atoms in total. The van der Waals surface area contributed by atoms with Crippen molar-refractivity contribution in [3.8, 4) is 0 Å². The lowest BCUT2D eigenvalue weighted by Crippen LogP contribution is -2.33. The number of aldehydes is 1. The van der Waals surface area contributed by atoms with Gasteiger partial charge in [0, 0.05) is 5.41 Å². The lowest BCUT2D eigenvalue weighted by atomic mass is 9.66. The van der Waals surface area contributed by atoms with Gasteiger partial charge < -0.3 is 4.79 Å². The third-order valence-electron chi connectivity index (χ3n) is 3.07. The van der Waals surface area contributed by atoms with Gasteiger partial charge in [0.2, 0.25) is 0 Å². The Morgan fingerprint density at radius 2 is 2.20 bits per heavy atom. The summed E-state index contributed by atoms with van der Waals surface area (Å²) in [5, 5.41) is 0. The lowest BCUT2D eigenvalue weighted by molar-refractivity contribution is -0.120. The van der Waals surface area contributed by atoms with Crippen LogP contribution >= 0.6 is 0 Å². The molecule has 0 spiro atoms. The second kappa shape index (κ2) is 2.73. The fourth-order valence-corrected chi connectivity index (χ4v) is 1.54. The van der Waals surface area contributed by atoms with Crippen molar-refractivity contribution in [1.82, 2.24) is 0 Å². The molecule has 1 rings (SSSR count). The number of hydrogen-bond acceptors (Lipinski definition) is 1. The van der Waals surface area contributed by atoms with Crippen LogP contribution in [0.15, 0.2) is 0 Å². The summed E-state index contributed by atoms with van der Waals surface area (Å²) in [4.78, 5) is 10.7. The summed E-state index contributed by atoms with van der Waals surface area (Å²) < 4.78 is 0. The smallest absolute Gasteiger partial charge is 0.126 e. The molecular weight excluding hydrogens is 124 g/mol. The van der Waals surface area contributed by atoms with Crippen LogP contribution < -0.4 is 0 Å². The zero-order valence-corrected chi connectivity index (χ0v) is 6.89. The van der Waals surface area contributed by atoms with Crippen LogP contribution in [0, 0.1) is 11.3 Å². The van der Waals surface area contributed by atoms with Gasteiger partial charge in [-0.05, 0) is 25.2 Å². The minimum Gasteiger partial charge on any atom is -0.303 e. The summed E-state index contributed by atoms with van der Waals surface area (Å²) in [7, 11) is 0. The molecule has 10 heavy (non-hydrogen) atoms. The average Bonchev–Trinajstić information content (AvgIpc) is 1.84. The fraction of sp³-hybridized carbons (Fsp3) is 0.889. The van der Waals surface area contributed by atoms with Gasteiger partial charge in [-0.25, -0.2) is 0 Å². The second-order valence-corrected chi connectivity index (χ2v) is 3.61. The SMILES string of the molecule is CCC(C)(C=O)C1CCC1. The fourth-order valence-electron chi connectivity index (χ4n) is 1.54. The molecule has 0 aromatic carbocycles. The predicted molar refractivity (Wildman–Crippen MR) is 41.8 cm³/mol. The lowest BCUT2D eigenvalue weighted by Gasteiger charge is -2.38. The van der Waals surface area contributed by atoms with Crippen LogP contribution in [-0.2, 0) is 4.79 Å². The molecule has 1 heteroatoms. The standard InChI is InChI=1S/C9H16O/c1-3-9(2,7-10)8-5-4-6-8/h7-8H,3-6H2,1-2H3. The van der Waals surface area contributed by atoms with E-state index in [4.69, 9.17) is 0 Å². The van der Waals surface area contributed by atoms with E-state index >= 15 is 0 Å². The molecule has 0 radical (unpaired) electrons. The normalized spacial score (nSPS) is 25.0. The highest BCUT2D eigenvalue weighted by Gasteiger charge is 2.35. The Kier molecular flexibility index (Phi) is 2.12. The molecule has 0 N–H and O–H groups in total. The van der Waals surface area contributed by atoms with Gasteiger partial charge in [0.15, 0.2) is 0 Å². The number of carbonyl (C=O) groups is 1. The Bertz CT molecular complexity index is 127. The van der Waals surface area contributed by atoms with Crippen molar-refractivity contribution in [2.24, 2.45) is 11.3 Å². The molecule has 0 aromatic rings. The van der Waals surface area contributed by atoms with E-state index in [2.05, 4.69) is 13.8 Å². The zero-order chi connectivity index (χ0) is 7.61. The van der Waals surface area contributed by atoms with Gasteiger partial charge in [-0.3, -0.25) is 0 Å². The number of rotatable bonds is 3. The van der Waals surface area contributed by atoms with Crippen LogP contribution in [0.4, 0.5) is 0 Å². The van der Waals surface area contributed by atoms with Gasteiger partial charge >= 0.3 is 0 Å². The van der Waals surface area contributed by atoms with Crippen molar-refractivity contribution in [3.05, 3.63) is 0 Å². The molecule has 58 valence electrons. The van der Waals surface area contributed by atoms with Gasteiger partial charge in [0.05, 0.1) is 0 Å². The highest BCUT2D eigenvalue weighted by Crippen LogP contribution is 2.42. The van der Waals surface area contributed by atoms with E-state index in [0.29, 0.717) is 5.92 Å². The Morgan fingerprint density at radius 1 is 1.60 bits per heavy atom. The van der Waals surface area contributed by atoms with Crippen LogP contribution in [0.3, 0.4) is 0 Å². The summed E-state index contributed by atoms with van der Waals surface area (Å²) in [6.07, 6.45) is 6.01. The summed E-state index contributed by atoms with van der Waals surface area (Å²) in [6.45, 7) is 4.19. The minimum absolute atomic E-state index is 0.00174. The van der Waals surface area contributed by atoms with Crippen molar-refractivity contribution in [2.75, 3.05) is 0 Å². The maximum Gasteiger partial charge on any atom is 0.126 e. The number of hydrogen-bond donors (Lipinski definition) is 0. The minimum atomic E-state index is -0.00174. The second-order valence-electron chi connectivity index (χ2n) is 3.61. The Labute approximate surface area is 62.8 Å². The molecule has 1 saturated carbocycles. The first-order chi connectivity index (χ1) is 4.73. The Morgan fingerprint density at radius 3 is 2.30 bits per heavy atom. The number of carbonyl (C=O) groups excluding carboxylic acids is 1. The largest absolute Gasteiger partial charge is 0.303 e. The molecule has 0 aliphatic heterocycles. The molecule has 1 aliphatic carbocycles. The first kappa shape index (κ1) is 7.77. The van der Waals surface area contributed by atoms with E-state index in [9.17, 15) is 4.79 Å². The molecular formula is C9H16O. The van der Waals surface area contributed by atoms with Crippen LogP contribution in [0.2, 0.25) is 0 Å². The van der Waals surface area contributed by atoms with Crippen molar-refractivity contribution in [2.45, 2.75) is 39.5 Å². The first-order valence-electron chi connectivity index (χ1n) is 4.19. The van der Waals surface area contributed by atoms with Crippen LogP contribution in [-0.4, -0.2) is 6.29 Å². The summed E-state index contributed by atoms with van der Waals surface area (Å²) >= 11 is 0. The van der Waals surface area contributed by atoms with E-state index in [-0.39, 0.29) is 5.41 Å². The van der Waals surface area contributed by atoms with E-state index in [1.54, 1.807) is 0 Å². The van der Waals surface area contributed by atoms with Crippen LogP contribution in [0.25, 0.3) is 0 Å². The van der Waals surface area contributed by atoms with Crippen molar-refractivity contribution in [1.29, 1.82) is 0 Å². The van der Waals surface area contributed by atoms with Gasteiger partial charge in [-0.1, -0.05) is 20.3 Å². The molecule has 1 atom stereocenters. The van der Waals surface area contributed by atoms with E-state index < -0.39 is 0 Å². The molecule has 0 bridgehead atoms. The van der Waals surface area contributed by atoms with Crippen molar-refractivity contribution in [3.63, 3.8) is 0 Å². The predicted octanol–water partition coefficient (Wildman–Crippen LogP) is 2.40. The van der Waals surface area contributed by atoms with Crippen molar-refractivity contribution >= 4 is 6.29 Å². The topological polar surface area (TPSA) is 17.1 Å². The molecule has 0 aromatic heterocycles. The monoisotopic (exact) mass is 140 g/mol. The van der Waals surface area contributed by atoms with Crippen molar-refractivity contribution < 1.29 is 4.79 Å². The third kappa shape index (κ3) is 1.09. The van der Waals surface area contributed by atoms with E-state index in [0.717, 1.165) is 12.7 Å². The van der Waals surface area contributed by atoms with E-state index in [1.807, 2.05) is 0 Å². The Balaban J connectivity index is 2.52. The molecule has 0 amide bonds. The first-order valence-corrected chi connectivity index (χ1v) is 4.19. The van der Waals surface area contributed by atoms with Gasteiger partial charge in [0.1, 0.15) is 6.29 Å². The quantitative estimate of drug-likeness (QED) is 0.550. The summed E-state index contributed by atoms with van der Waals surface area (Å²) in [5.41, 5.74) is -0.00174. The van der Waals surface area contributed by atoms with E-state index in [1.165, 1.54) is 19.3 Å². The Hall–Kier alpha value is -0.330. The molecule has 1 unspecified atom stereocenters. The molecule has 0 heterocycles. The van der Waals surface area contributed by atoms with Crippen LogP contribution in [0.5, 0.6) is 0 Å². The maximum atomic E-state index is 10.7. The molecule has 1 fully saturated rings. The summed E-state index contributed by atoms with van der Waals surface area (Å²) in [6, 6.07) is 0. The highest BCUT2D eigenvalue weighted by molar-refractivity contribution is 5.59. The van der Waals surface area contributed by atoms with Crippen LogP contribution in [0.1, 0.15) is 39.5 Å². The molecule has 0 saturated heterocycles. The maximum absolute atomic E-state index is 10.7. The highest BCUT2D eigenvalue weighted by atomic mass is 16.1. The zero-order valence-electron chi connectivity index (χ0n) is 6.89.